The first-order valence-electron chi connectivity index (χ1n) is 10.5. The van der Waals surface area contributed by atoms with Crippen LogP contribution in [0.3, 0.4) is 0 Å². The van der Waals surface area contributed by atoms with Crippen LogP contribution in [0.15, 0.2) is 36.4 Å². The van der Waals surface area contributed by atoms with Gasteiger partial charge in [0.25, 0.3) is 0 Å². The number of imidazole rings is 1. The van der Waals surface area contributed by atoms with Gasteiger partial charge in [0.2, 0.25) is 5.91 Å². The summed E-state index contributed by atoms with van der Waals surface area (Å²) < 4.78 is 14.6. The summed E-state index contributed by atoms with van der Waals surface area (Å²) in [6, 6.07) is 10.5. The fraction of sp³-hybridized carbons (Fsp3) is 0.391. The van der Waals surface area contributed by atoms with Gasteiger partial charge in [0.05, 0.1) is 16.6 Å². The van der Waals surface area contributed by atoms with Gasteiger partial charge in [-0.05, 0) is 63.3 Å². The van der Waals surface area contributed by atoms with Crippen molar-refractivity contribution in [2.45, 2.75) is 12.8 Å². The minimum Gasteiger partial charge on any atom is -0.371 e. The highest BCUT2D eigenvalue weighted by atomic mass is 35.5. The fourth-order valence-corrected chi connectivity index (χ4v) is 4.12. The zero-order valence-electron chi connectivity index (χ0n) is 17.8. The number of benzene rings is 2. The Labute approximate surface area is 186 Å². The quantitative estimate of drug-likeness (QED) is 0.606. The van der Waals surface area contributed by atoms with Crippen LogP contribution in [0, 0.1) is 11.7 Å². The maximum Gasteiger partial charge on any atom is 0.223 e. The highest BCUT2D eigenvalue weighted by Gasteiger charge is 2.25. The largest absolute Gasteiger partial charge is 0.371 e. The van der Waals surface area contributed by atoms with Gasteiger partial charge in [-0.1, -0.05) is 11.6 Å². The number of carbonyl (C=O) groups excluding carboxylic acids is 1. The number of amides is 1. The molecule has 4 rings (SSSR count). The molecular formula is C23H27ClFN5O. The van der Waals surface area contributed by atoms with Gasteiger partial charge in [-0.2, -0.15) is 0 Å². The first kappa shape index (κ1) is 21.6. The minimum atomic E-state index is -0.330. The maximum absolute atomic E-state index is 14.6. The molecule has 1 aliphatic heterocycles. The molecule has 3 aromatic rings. The molecule has 6 nitrogen and oxygen atoms in total. The van der Waals surface area contributed by atoms with Gasteiger partial charge >= 0.3 is 0 Å². The van der Waals surface area contributed by atoms with Crippen LogP contribution in [-0.4, -0.2) is 61.0 Å². The number of piperidine rings is 1. The van der Waals surface area contributed by atoms with Crippen molar-refractivity contribution in [1.29, 1.82) is 0 Å². The lowest BCUT2D eigenvalue weighted by Crippen LogP contribution is -2.42. The van der Waals surface area contributed by atoms with Crippen LogP contribution < -0.4 is 10.2 Å². The standard InChI is InChI=1S/C23H27ClFN5O/c1-29(2)12-9-26-23(31)15-7-10-30(11-8-15)17-4-5-19(25)18(14-17)22-27-20-6-3-16(24)13-21(20)28-22/h3-6,13-15H,7-12H2,1-2H3,(H,26,31)(H,27,28). The molecule has 1 aliphatic rings. The number of nitrogens with one attached hydrogen (secondary N) is 2. The summed E-state index contributed by atoms with van der Waals surface area (Å²) in [5.41, 5.74) is 2.87. The second-order valence-corrected chi connectivity index (χ2v) is 8.70. The Hall–Kier alpha value is -2.64. The molecule has 164 valence electrons. The van der Waals surface area contributed by atoms with Crippen molar-refractivity contribution in [2.24, 2.45) is 5.92 Å². The molecule has 31 heavy (non-hydrogen) atoms. The first-order valence-corrected chi connectivity index (χ1v) is 10.9. The highest BCUT2D eigenvalue weighted by Crippen LogP contribution is 2.30. The molecule has 0 saturated carbocycles. The number of hydrogen-bond acceptors (Lipinski definition) is 4. The van der Waals surface area contributed by atoms with Crippen molar-refractivity contribution < 1.29 is 9.18 Å². The fourth-order valence-electron chi connectivity index (χ4n) is 3.95. The predicted octanol–water partition coefficient (Wildman–Crippen LogP) is 3.92. The monoisotopic (exact) mass is 443 g/mol. The topological polar surface area (TPSA) is 64.3 Å². The average Bonchev–Trinajstić information content (AvgIpc) is 3.17. The molecule has 0 aliphatic carbocycles. The SMILES string of the molecule is CN(C)CCNC(=O)C1CCN(c2ccc(F)c(-c3nc4ccc(Cl)cc4[nH]3)c2)CC1. The van der Waals surface area contributed by atoms with E-state index in [4.69, 9.17) is 11.6 Å². The Morgan fingerprint density at radius 3 is 2.77 bits per heavy atom. The molecule has 0 radical (unpaired) electrons. The number of H-pyrrole nitrogens is 1. The molecule has 2 aromatic carbocycles. The van der Waals surface area contributed by atoms with E-state index in [0.29, 0.717) is 23.0 Å². The smallest absolute Gasteiger partial charge is 0.223 e. The van der Waals surface area contributed by atoms with E-state index >= 15 is 0 Å². The van der Waals surface area contributed by atoms with E-state index in [9.17, 15) is 9.18 Å². The van der Waals surface area contributed by atoms with E-state index in [-0.39, 0.29) is 17.6 Å². The number of carbonyl (C=O) groups is 1. The van der Waals surface area contributed by atoms with Crippen molar-refractivity contribution in [3.8, 4) is 11.4 Å². The lowest BCUT2D eigenvalue weighted by molar-refractivity contribution is -0.125. The number of aromatic nitrogens is 2. The Morgan fingerprint density at radius 2 is 2.03 bits per heavy atom. The van der Waals surface area contributed by atoms with E-state index in [1.54, 1.807) is 18.2 Å². The molecule has 2 heterocycles. The van der Waals surface area contributed by atoms with Crippen LogP contribution in [0.1, 0.15) is 12.8 Å². The van der Waals surface area contributed by atoms with Gasteiger partial charge < -0.3 is 20.1 Å². The van der Waals surface area contributed by atoms with E-state index in [1.807, 2.05) is 31.1 Å². The van der Waals surface area contributed by atoms with Crippen molar-refractivity contribution in [2.75, 3.05) is 45.2 Å². The normalized spacial score (nSPS) is 15.1. The highest BCUT2D eigenvalue weighted by molar-refractivity contribution is 6.31. The maximum atomic E-state index is 14.6. The number of halogens is 2. The molecular weight excluding hydrogens is 417 g/mol. The predicted molar refractivity (Wildman–Crippen MR) is 123 cm³/mol. The van der Waals surface area contributed by atoms with Crippen molar-refractivity contribution >= 4 is 34.2 Å². The van der Waals surface area contributed by atoms with Crippen molar-refractivity contribution in [3.63, 3.8) is 0 Å². The van der Waals surface area contributed by atoms with Gasteiger partial charge in [-0.25, -0.2) is 9.37 Å². The summed E-state index contributed by atoms with van der Waals surface area (Å²) in [6.07, 6.45) is 1.56. The average molecular weight is 444 g/mol. The zero-order chi connectivity index (χ0) is 22.0. The molecule has 1 aromatic heterocycles. The van der Waals surface area contributed by atoms with Crippen LogP contribution in [0.4, 0.5) is 10.1 Å². The molecule has 1 amide bonds. The summed E-state index contributed by atoms with van der Waals surface area (Å²) in [6.45, 7) is 3.01. The molecule has 0 bridgehead atoms. The van der Waals surface area contributed by atoms with E-state index in [2.05, 4.69) is 20.2 Å². The summed E-state index contributed by atoms with van der Waals surface area (Å²) in [5, 5.41) is 3.62. The van der Waals surface area contributed by atoms with Gasteiger partial charge in [0.15, 0.2) is 0 Å². The summed E-state index contributed by atoms with van der Waals surface area (Å²) in [7, 11) is 3.98. The summed E-state index contributed by atoms with van der Waals surface area (Å²) in [4.78, 5) is 24.3. The van der Waals surface area contributed by atoms with Gasteiger partial charge in [-0.3, -0.25) is 4.79 Å². The minimum absolute atomic E-state index is 0.0263. The first-order chi connectivity index (χ1) is 14.9. The van der Waals surface area contributed by atoms with Crippen LogP contribution in [0.2, 0.25) is 5.02 Å². The summed E-state index contributed by atoms with van der Waals surface area (Å²) >= 11 is 6.05. The zero-order valence-corrected chi connectivity index (χ0v) is 18.5. The van der Waals surface area contributed by atoms with Gasteiger partial charge in [0.1, 0.15) is 11.6 Å². The Kier molecular flexibility index (Phi) is 6.43. The van der Waals surface area contributed by atoms with Crippen molar-refractivity contribution in [3.05, 3.63) is 47.2 Å². The number of fused-ring (bicyclic) bond motifs is 1. The number of aromatic amines is 1. The number of nitrogens with zero attached hydrogens (tertiary/aromatic N) is 3. The van der Waals surface area contributed by atoms with Gasteiger partial charge in [0, 0.05) is 42.8 Å². The van der Waals surface area contributed by atoms with E-state index < -0.39 is 0 Å². The third-order valence-electron chi connectivity index (χ3n) is 5.74. The van der Waals surface area contributed by atoms with E-state index in [1.165, 1.54) is 6.07 Å². The lowest BCUT2D eigenvalue weighted by atomic mass is 9.95. The molecule has 2 N–H and O–H groups in total. The number of anilines is 1. The van der Waals surface area contributed by atoms with Crippen LogP contribution >= 0.6 is 11.6 Å². The van der Waals surface area contributed by atoms with Crippen molar-refractivity contribution in [1.82, 2.24) is 20.2 Å². The Morgan fingerprint density at radius 1 is 1.26 bits per heavy atom. The number of hydrogen-bond donors (Lipinski definition) is 2. The molecule has 8 heteroatoms. The second kappa shape index (κ2) is 9.24. The molecule has 0 unspecified atom stereocenters. The number of likely N-dealkylation sites (N-methyl/N-ethyl adjacent to an activating group) is 1. The van der Waals surface area contributed by atoms with Crippen LogP contribution in [0.25, 0.3) is 22.4 Å². The van der Waals surface area contributed by atoms with Gasteiger partial charge in [-0.15, -0.1) is 0 Å². The van der Waals surface area contributed by atoms with Crippen LogP contribution in [-0.2, 0) is 4.79 Å². The molecule has 0 atom stereocenters. The van der Waals surface area contributed by atoms with Crippen LogP contribution in [0.5, 0.6) is 0 Å². The third-order valence-corrected chi connectivity index (χ3v) is 5.97. The summed E-state index contributed by atoms with van der Waals surface area (Å²) in [5.74, 6) is 0.302. The molecule has 1 fully saturated rings. The molecule has 1 saturated heterocycles. The third kappa shape index (κ3) is 4.99. The second-order valence-electron chi connectivity index (χ2n) is 8.27. The Bertz CT molecular complexity index is 1080. The van der Waals surface area contributed by atoms with E-state index in [0.717, 1.165) is 49.2 Å². The number of rotatable bonds is 6. The Balaban J connectivity index is 1.44. The molecule has 0 spiro atoms. The lowest BCUT2D eigenvalue weighted by Gasteiger charge is -2.33.